The van der Waals surface area contributed by atoms with Gasteiger partial charge in [-0.1, -0.05) is 28.1 Å². The van der Waals surface area contributed by atoms with Crippen LogP contribution in [0.15, 0.2) is 46.9 Å². The van der Waals surface area contributed by atoms with Gasteiger partial charge in [0.25, 0.3) is 0 Å². The molecule has 2 aromatic carbocycles. The van der Waals surface area contributed by atoms with Crippen molar-refractivity contribution >= 4 is 15.9 Å². The summed E-state index contributed by atoms with van der Waals surface area (Å²) in [6.07, 6.45) is -4.45. The average Bonchev–Trinajstić information content (AvgIpc) is 2.38. The number of hydrogen-bond donors (Lipinski definition) is 2. The summed E-state index contributed by atoms with van der Waals surface area (Å²) >= 11 is 3.14. The molecule has 0 bridgehead atoms. The number of hydrogen-bond acceptors (Lipinski definition) is 2. The molecule has 0 radical (unpaired) electrons. The molecule has 7 heteroatoms. The zero-order chi connectivity index (χ0) is 15.6. The van der Waals surface area contributed by atoms with Gasteiger partial charge < -0.3 is 0 Å². The van der Waals surface area contributed by atoms with Gasteiger partial charge in [0, 0.05) is 4.47 Å². The molecule has 2 rings (SSSR count). The summed E-state index contributed by atoms with van der Waals surface area (Å²) in [6, 6.07) is 8.06. The Kier molecular flexibility index (Phi) is 4.65. The normalized spacial score (nSPS) is 13.2. The average molecular weight is 363 g/mol. The summed E-state index contributed by atoms with van der Waals surface area (Å²) in [5.74, 6) is 4.92. The van der Waals surface area contributed by atoms with Crippen LogP contribution in [0.1, 0.15) is 22.7 Å². The zero-order valence-electron chi connectivity index (χ0n) is 10.6. The van der Waals surface area contributed by atoms with Crippen molar-refractivity contribution in [2.45, 2.75) is 12.2 Å². The van der Waals surface area contributed by atoms with E-state index in [9.17, 15) is 17.6 Å². The summed E-state index contributed by atoms with van der Waals surface area (Å²) < 4.78 is 52.1. The van der Waals surface area contributed by atoms with Gasteiger partial charge >= 0.3 is 6.18 Å². The van der Waals surface area contributed by atoms with Crippen molar-refractivity contribution in [3.05, 3.63) is 69.4 Å². The number of alkyl halides is 3. The summed E-state index contributed by atoms with van der Waals surface area (Å²) in [5, 5.41) is 0. The predicted molar refractivity (Wildman–Crippen MR) is 74.7 cm³/mol. The maximum atomic E-state index is 13.4. The zero-order valence-corrected chi connectivity index (χ0v) is 12.2. The third kappa shape index (κ3) is 3.81. The van der Waals surface area contributed by atoms with E-state index in [1.807, 2.05) is 0 Å². The second kappa shape index (κ2) is 6.13. The smallest absolute Gasteiger partial charge is 0.271 e. The summed E-state index contributed by atoms with van der Waals surface area (Å²) in [5.41, 5.74) is 2.35. The largest absolute Gasteiger partial charge is 0.416 e. The highest BCUT2D eigenvalue weighted by Crippen LogP contribution is 2.32. The first-order chi connectivity index (χ1) is 9.81. The van der Waals surface area contributed by atoms with Crippen molar-refractivity contribution in [3.8, 4) is 0 Å². The molecule has 0 saturated heterocycles. The van der Waals surface area contributed by atoms with Gasteiger partial charge in [0.1, 0.15) is 5.82 Å². The van der Waals surface area contributed by atoms with Gasteiger partial charge in [0.2, 0.25) is 0 Å². The highest BCUT2D eigenvalue weighted by molar-refractivity contribution is 9.10. The molecule has 2 nitrogen and oxygen atoms in total. The number of nitrogens with two attached hydrogens (primary N) is 1. The molecule has 0 aromatic heterocycles. The van der Waals surface area contributed by atoms with Crippen molar-refractivity contribution < 1.29 is 17.6 Å². The van der Waals surface area contributed by atoms with E-state index in [1.165, 1.54) is 24.3 Å². The molecule has 0 saturated carbocycles. The van der Waals surface area contributed by atoms with Crippen LogP contribution in [0.4, 0.5) is 17.6 Å². The Balaban J connectivity index is 2.46. The molecular weight excluding hydrogens is 352 g/mol. The lowest BCUT2D eigenvalue weighted by molar-refractivity contribution is -0.137. The van der Waals surface area contributed by atoms with Gasteiger partial charge in [-0.2, -0.15) is 13.2 Å². The van der Waals surface area contributed by atoms with Crippen LogP contribution < -0.4 is 11.3 Å². The molecule has 0 amide bonds. The molecule has 0 heterocycles. The fourth-order valence-electron chi connectivity index (χ4n) is 2.02. The van der Waals surface area contributed by atoms with E-state index in [-0.39, 0.29) is 0 Å². The SMILES string of the molecule is NNC(c1cc(F)cc(Br)c1)c1cccc(C(F)(F)F)c1. The van der Waals surface area contributed by atoms with Crippen molar-refractivity contribution in [3.63, 3.8) is 0 Å². The molecule has 2 aromatic rings. The van der Waals surface area contributed by atoms with Gasteiger partial charge in [0.15, 0.2) is 0 Å². The van der Waals surface area contributed by atoms with Crippen molar-refractivity contribution in [2.24, 2.45) is 5.84 Å². The first kappa shape index (κ1) is 15.9. The maximum Gasteiger partial charge on any atom is 0.416 e. The Labute approximate surface area is 127 Å². The molecule has 3 N–H and O–H groups in total. The monoisotopic (exact) mass is 362 g/mol. The van der Waals surface area contributed by atoms with Crippen LogP contribution in [0.25, 0.3) is 0 Å². The Hall–Kier alpha value is -1.44. The minimum atomic E-state index is -4.45. The number of halogens is 5. The number of nitrogens with one attached hydrogen (secondary N) is 1. The summed E-state index contributed by atoms with van der Waals surface area (Å²) in [7, 11) is 0. The van der Waals surface area contributed by atoms with Crippen LogP contribution in [-0.4, -0.2) is 0 Å². The van der Waals surface area contributed by atoms with Crippen LogP contribution in [0.2, 0.25) is 0 Å². The Morgan fingerprint density at radius 3 is 2.33 bits per heavy atom. The second-order valence-corrected chi connectivity index (χ2v) is 5.34. The molecule has 1 atom stereocenters. The van der Waals surface area contributed by atoms with Gasteiger partial charge in [-0.3, -0.25) is 5.84 Å². The molecule has 0 fully saturated rings. The van der Waals surface area contributed by atoms with Crippen molar-refractivity contribution in [1.82, 2.24) is 5.43 Å². The third-order valence-corrected chi connectivity index (χ3v) is 3.39. The maximum absolute atomic E-state index is 13.4. The molecule has 0 aliphatic carbocycles. The highest BCUT2D eigenvalue weighted by atomic mass is 79.9. The Morgan fingerprint density at radius 2 is 1.76 bits per heavy atom. The van der Waals surface area contributed by atoms with Gasteiger partial charge in [-0.15, -0.1) is 0 Å². The van der Waals surface area contributed by atoms with Gasteiger partial charge in [-0.05, 0) is 41.5 Å². The quantitative estimate of drug-likeness (QED) is 0.488. The second-order valence-electron chi connectivity index (χ2n) is 4.43. The van der Waals surface area contributed by atoms with E-state index in [1.54, 1.807) is 6.07 Å². The first-order valence-electron chi connectivity index (χ1n) is 5.90. The van der Waals surface area contributed by atoms with Crippen molar-refractivity contribution in [2.75, 3.05) is 0 Å². The molecular formula is C14H11BrF4N2. The fraction of sp³-hybridized carbons (Fsp3) is 0.143. The van der Waals surface area contributed by atoms with E-state index in [2.05, 4.69) is 21.4 Å². The topological polar surface area (TPSA) is 38.0 Å². The third-order valence-electron chi connectivity index (χ3n) is 2.93. The van der Waals surface area contributed by atoms with E-state index in [4.69, 9.17) is 5.84 Å². The highest BCUT2D eigenvalue weighted by Gasteiger charge is 2.31. The van der Waals surface area contributed by atoms with E-state index in [0.29, 0.717) is 15.6 Å². The Bertz CT molecular complexity index is 623. The molecule has 0 aliphatic rings. The van der Waals surface area contributed by atoms with Crippen LogP contribution in [0.5, 0.6) is 0 Å². The Morgan fingerprint density at radius 1 is 1.05 bits per heavy atom. The lowest BCUT2D eigenvalue weighted by Crippen LogP contribution is -2.29. The van der Waals surface area contributed by atoms with Crippen LogP contribution in [0, 0.1) is 5.82 Å². The van der Waals surface area contributed by atoms with Crippen molar-refractivity contribution in [1.29, 1.82) is 0 Å². The number of benzene rings is 2. The van der Waals surface area contributed by atoms with Crippen LogP contribution in [-0.2, 0) is 6.18 Å². The standard InChI is InChI=1S/C14H11BrF4N2/c15-11-5-9(6-12(16)7-11)13(21-20)8-2-1-3-10(4-8)14(17,18)19/h1-7,13,21H,20H2. The summed E-state index contributed by atoms with van der Waals surface area (Å²) in [6.45, 7) is 0. The van der Waals surface area contributed by atoms with Crippen LogP contribution in [0.3, 0.4) is 0 Å². The molecule has 1 unspecified atom stereocenters. The van der Waals surface area contributed by atoms with E-state index in [0.717, 1.165) is 12.1 Å². The fourth-order valence-corrected chi connectivity index (χ4v) is 2.50. The molecule has 0 aliphatic heterocycles. The summed E-state index contributed by atoms with van der Waals surface area (Å²) in [4.78, 5) is 0. The van der Waals surface area contributed by atoms with E-state index >= 15 is 0 Å². The minimum absolute atomic E-state index is 0.296. The van der Waals surface area contributed by atoms with Crippen LogP contribution >= 0.6 is 15.9 Å². The molecule has 112 valence electrons. The minimum Gasteiger partial charge on any atom is -0.271 e. The predicted octanol–water partition coefficient (Wildman–Crippen LogP) is 4.16. The molecule has 0 spiro atoms. The first-order valence-corrected chi connectivity index (χ1v) is 6.70. The molecule has 21 heavy (non-hydrogen) atoms. The number of hydrazine groups is 1. The van der Waals surface area contributed by atoms with E-state index < -0.39 is 23.6 Å². The van der Waals surface area contributed by atoms with Gasteiger partial charge in [0.05, 0.1) is 11.6 Å². The van der Waals surface area contributed by atoms with Gasteiger partial charge in [-0.25, -0.2) is 9.82 Å². The number of rotatable bonds is 3. The lowest BCUT2D eigenvalue weighted by Gasteiger charge is -2.19. The lowest BCUT2D eigenvalue weighted by atomic mass is 9.97.